The van der Waals surface area contributed by atoms with Crippen molar-refractivity contribution in [1.29, 1.82) is 0 Å². The van der Waals surface area contributed by atoms with Gasteiger partial charge in [-0.05, 0) is 58.5 Å². The summed E-state index contributed by atoms with van der Waals surface area (Å²) in [6, 6.07) is 14.5. The average molecular weight is 456 g/mol. The highest BCUT2D eigenvalue weighted by atomic mass is 127. The molecule has 0 fully saturated rings. The molecule has 2 N–H and O–H groups in total. The zero-order chi connectivity index (χ0) is 17.4. The summed E-state index contributed by atoms with van der Waals surface area (Å²) in [6.45, 7) is 0. The second-order valence-corrected chi connectivity index (χ2v) is 6.59. The Morgan fingerprint density at radius 2 is 1.83 bits per heavy atom. The molecule has 0 atom stereocenters. The predicted octanol–water partition coefficient (Wildman–Crippen LogP) is 3.81. The lowest BCUT2D eigenvalue weighted by Crippen LogP contribution is -2.20. The quantitative estimate of drug-likeness (QED) is 0.395. The topological polar surface area (TPSA) is 70.6 Å². The molecule has 5 nitrogen and oxygen atoms in total. The maximum absolute atomic E-state index is 11.8. The number of nitrogens with zero attached hydrogens (tertiary/aromatic N) is 1. The van der Waals surface area contributed by atoms with Crippen LogP contribution >= 0.6 is 34.2 Å². The van der Waals surface area contributed by atoms with Crippen LogP contribution in [-0.4, -0.2) is 18.0 Å². The first-order chi connectivity index (χ1) is 11.5. The maximum Gasteiger partial charge on any atom is 0.240 e. The number of hydrazone groups is 1. The van der Waals surface area contributed by atoms with Crippen molar-refractivity contribution in [3.05, 3.63) is 62.7 Å². The van der Waals surface area contributed by atoms with Gasteiger partial charge in [-0.3, -0.25) is 9.59 Å². The lowest BCUT2D eigenvalue weighted by molar-refractivity contribution is -0.124. The molecule has 2 aromatic rings. The van der Waals surface area contributed by atoms with Crippen LogP contribution in [0.2, 0.25) is 5.02 Å². The van der Waals surface area contributed by atoms with Crippen LogP contribution in [0.3, 0.4) is 0 Å². The van der Waals surface area contributed by atoms with Crippen LogP contribution in [0.5, 0.6) is 0 Å². The molecule has 0 aliphatic heterocycles. The fraction of sp³-hybridized carbons (Fsp3) is 0.118. The molecule has 2 amide bonds. The van der Waals surface area contributed by atoms with E-state index in [0.29, 0.717) is 10.7 Å². The second kappa shape index (κ2) is 9.39. The van der Waals surface area contributed by atoms with Gasteiger partial charge in [0.2, 0.25) is 11.8 Å². The van der Waals surface area contributed by atoms with Crippen molar-refractivity contribution in [1.82, 2.24) is 5.43 Å². The number of nitrogens with one attached hydrogen (secondary N) is 2. The minimum absolute atomic E-state index is 0.0516. The number of amides is 2. The zero-order valence-electron chi connectivity index (χ0n) is 12.6. The molecule has 124 valence electrons. The first kappa shape index (κ1) is 18.4. The normalized spacial score (nSPS) is 10.6. The second-order valence-electron chi connectivity index (χ2n) is 4.91. The van der Waals surface area contributed by atoms with Gasteiger partial charge in [0.25, 0.3) is 0 Å². The molecule has 0 unspecified atom stereocenters. The first-order valence-electron chi connectivity index (χ1n) is 7.16. The highest BCUT2D eigenvalue weighted by Crippen LogP contribution is 2.15. The summed E-state index contributed by atoms with van der Waals surface area (Å²) in [7, 11) is 0. The highest BCUT2D eigenvalue weighted by Gasteiger charge is 2.07. The largest absolute Gasteiger partial charge is 0.326 e. The van der Waals surface area contributed by atoms with Crippen molar-refractivity contribution in [3.8, 4) is 0 Å². The molecular formula is C17H15ClIN3O2. The van der Waals surface area contributed by atoms with Gasteiger partial charge < -0.3 is 5.32 Å². The number of carbonyl (C=O) groups is 2. The molecule has 2 aromatic carbocycles. The maximum atomic E-state index is 11.8. The summed E-state index contributed by atoms with van der Waals surface area (Å²) >= 11 is 8.04. The molecule has 0 saturated heterocycles. The number of hydrogen-bond donors (Lipinski definition) is 2. The van der Waals surface area contributed by atoms with Gasteiger partial charge >= 0.3 is 0 Å². The summed E-state index contributed by atoms with van der Waals surface area (Å²) in [5, 5.41) is 7.10. The van der Waals surface area contributed by atoms with Crippen LogP contribution in [0, 0.1) is 3.57 Å². The number of carbonyl (C=O) groups excluding carboxylic acids is 2. The minimum Gasteiger partial charge on any atom is -0.326 e. The highest BCUT2D eigenvalue weighted by molar-refractivity contribution is 14.1. The third kappa shape index (κ3) is 6.67. The van der Waals surface area contributed by atoms with Gasteiger partial charge in [-0.15, -0.1) is 0 Å². The lowest BCUT2D eigenvalue weighted by atomic mass is 10.2. The fourth-order valence-corrected chi connectivity index (χ4v) is 2.60. The summed E-state index contributed by atoms with van der Waals surface area (Å²) in [5.74, 6) is -0.577. The molecule has 0 aliphatic carbocycles. The van der Waals surface area contributed by atoms with Crippen LogP contribution in [0.15, 0.2) is 53.6 Å². The van der Waals surface area contributed by atoms with E-state index in [1.165, 1.54) is 0 Å². The van der Waals surface area contributed by atoms with Crippen LogP contribution in [0.4, 0.5) is 5.69 Å². The standard InChI is InChI=1S/C17H15ClIN3O2/c18-13-4-2-6-15(10-13)21-16(23)7-8-17(24)22-20-11-12-3-1-5-14(19)9-12/h1-6,9-11H,7-8H2,(H,21,23)(H,22,24)/b20-11+. The zero-order valence-corrected chi connectivity index (χ0v) is 15.5. The Balaban J connectivity index is 1.73. The molecule has 0 aromatic heterocycles. The van der Waals surface area contributed by atoms with Crippen molar-refractivity contribution >= 4 is 57.9 Å². The van der Waals surface area contributed by atoms with Crippen LogP contribution in [0.25, 0.3) is 0 Å². The summed E-state index contributed by atoms with van der Waals surface area (Å²) < 4.78 is 1.08. The van der Waals surface area contributed by atoms with E-state index in [9.17, 15) is 9.59 Å². The molecule has 0 radical (unpaired) electrons. The molecule has 7 heteroatoms. The Labute approximate surface area is 158 Å². The monoisotopic (exact) mass is 455 g/mol. The Bertz CT molecular complexity index is 765. The van der Waals surface area contributed by atoms with E-state index in [4.69, 9.17) is 11.6 Å². The van der Waals surface area contributed by atoms with Gasteiger partial charge in [-0.1, -0.05) is 29.8 Å². The molecule has 2 rings (SSSR count). The van der Waals surface area contributed by atoms with Gasteiger partial charge in [-0.25, -0.2) is 5.43 Å². The van der Waals surface area contributed by atoms with E-state index in [2.05, 4.69) is 38.4 Å². The Kier molecular flexibility index (Phi) is 7.20. The molecular weight excluding hydrogens is 441 g/mol. The third-order valence-electron chi connectivity index (χ3n) is 2.94. The molecule has 24 heavy (non-hydrogen) atoms. The number of benzene rings is 2. The number of anilines is 1. The van der Waals surface area contributed by atoms with E-state index < -0.39 is 0 Å². The fourth-order valence-electron chi connectivity index (χ4n) is 1.84. The van der Waals surface area contributed by atoms with Crippen LogP contribution in [-0.2, 0) is 9.59 Å². The Morgan fingerprint density at radius 1 is 1.08 bits per heavy atom. The van der Waals surface area contributed by atoms with Crippen molar-refractivity contribution in [2.75, 3.05) is 5.32 Å². The molecule has 0 aliphatic rings. The van der Waals surface area contributed by atoms with Crippen LogP contribution < -0.4 is 10.7 Å². The molecule has 0 saturated carbocycles. The Hall–Kier alpha value is -1.93. The van der Waals surface area contributed by atoms with E-state index >= 15 is 0 Å². The first-order valence-corrected chi connectivity index (χ1v) is 8.61. The van der Waals surface area contributed by atoms with Crippen molar-refractivity contribution in [3.63, 3.8) is 0 Å². The van der Waals surface area contributed by atoms with E-state index in [1.54, 1.807) is 30.5 Å². The van der Waals surface area contributed by atoms with Gasteiger partial charge in [-0.2, -0.15) is 5.10 Å². The Morgan fingerprint density at radius 3 is 2.58 bits per heavy atom. The van der Waals surface area contributed by atoms with E-state index in [-0.39, 0.29) is 24.7 Å². The summed E-state index contributed by atoms with van der Waals surface area (Å²) in [5.41, 5.74) is 3.90. The lowest BCUT2D eigenvalue weighted by Gasteiger charge is -2.05. The van der Waals surface area contributed by atoms with Gasteiger partial charge in [0.1, 0.15) is 0 Å². The van der Waals surface area contributed by atoms with E-state index in [0.717, 1.165) is 9.13 Å². The van der Waals surface area contributed by atoms with Crippen molar-refractivity contribution in [2.24, 2.45) is 5.10 Å². The van der Waals surface area contributed by atoms with Crippen LogP contribution in [0.1, 0.15) is 18.4 Å². The summed E-state index contributed by atoms with van der Waals surface area (Å²) in [4.78, 5) is 23.5. The summed E-state index contributed by atoms with van der Waals surface area (Å²) in [6.07, 6.45) is 1.68. The minimum atomic E-state index is -0.321. The number of rotatable bonds is 6. The predicted molar refractivity (Wildman–Crippen MR) is 104 cm³/mol. The van der Waals surface area contributed by atoms with Gasteiger partial charge in [0.05, 0.1) is 6.21 Å². The smallest absolute Gasteiger partial charge is 0.240 e. The van der Waals surface area contributed by atoms with Gasteiger partial charge in [0.15, 0.2) is 0 Å². The van der Waals surface area contributed by atoms with Crippen molar-refractivity contribution in [2.45, 2.75) is 12.8 Å². The van der Waals surface area contributed by atoms with Crippen molar-refractivity contribution < 1.29 is 9.59 Å². The molecule has 0 spiro atoms. The SMILES string of the molecule is O=C(CCC(=O)Nc1cccc(Cl)c1)N/N=C/c1cccc(I)c1. The van der Waals surface area contributed by atoms with Gasteiger partial charge in [0, 0.05) is 27.1 Å². The van der Waals surface area contributed by atoms with E-state index in [1.807, 2.05) is 24.3 Å². The third-order valence-corrected chi connectivity index (χ3v) is 3.85. The molecule has 0 heterocycles. The average Bonchev–Trinajstić information content (AvgIpc) is 2.53. The molecule has 0 bridgehead atoms. The number of hydrogen-bond acceptors (Lipinski definition) is 3. The number of halogens is 2.